The first kappa shape index (κ1) is 14.3. The summed E-state index contributed by atoms with van der Waals surface area (Å²) in [5, 5.41) is 0. The van der Waals surface area contributed by atoms with E-state index in [1.54, 1.807) is 4.90 Å². The molecule has 2 amide bonds. The number of rotatable bonds is 3. The van der Waals surface area contributed by atoms with E-state index in [-0.39, 0.29) is 5.91 Å². The van der Waals surface area contributed by atoms with Crippen molar-refractivity contribution >= 4 is 11.8 Å². The van der Waals surface area contributed by atoms with E-state index in [0.717, 1.165) is 12.8 Å². The summed E-state index contributed by atoms with van der Waals surface area (Å²) in [6.07, 6.45) is 7.39. The zero-order valence-corrected chi connectivity index (χ0v) is 11.5. The minimum atomic E-state index is -0.633. The molecule has 2 aliphatic rings. The second kappa shape index (κ2) is 6.89. The van der Waals surface area contributed by atoms with Crippen molar-refractivity contribution in [3.05, 3.63) is 0 Å². The van der Waals surface area contributed by atoms with Crippen molar-refractivity contribution in [2.24, 2.45) is 11.7 Å². The van der Waals surface area contributed by atoms with Crippen LogP contribution in [0.25, 0.3) is 0 Å². The van der Waals surface area contributed by atoms with Crippen molar-refractivity contribution < 1.29 is 14.3 Å². The van der Waals surface area contributed by atoms with Gasteiger partial charge in [0.05, 0.1) is 13.2 Å². The van der Waals surface area contributed by atoms with Gasteiger partial charge in [-0.25, -0.2) is 0 Å². The number of nitrogens with zero attached hydrogens (tertiary/aromatic N) is 1. The molecule has 0 aromatic carbocycles. The van der Waals surface area contributed by atoms with Gasteiger partial charge >= 0.3 is 0 Å². The molecule has 0 aromatic rings. The second-order valence-corrected chi connectivity index (χ2v) is 5.66. The molecule has 1 aliphatic carbocycles. The maximum atomic E-state index is 12.3. The number of hydrogen-bond acceptors (Lipinski definition) is 3. The van der Waals surface area contributed by atoms with Crippen LogP contribution >= 0.6 is 0 Å². The van der Waals surface area contributed by atoms with E-state index in [9.17, 15) is 9.59 Å². The van der Waals surface area contributed by atoms with Crippen LogP contribution in [-0.4, -0.2) is 42.5 Å². The third kappa shape index (κ3) is 4.20. The van der Waals surface area contributed by atoms with Crippen LogP contribution in [0.15, 0.2) is 0 Å². The zero-order valence-electron chi connectivity index (χ0n) is 11.5. The van der Waals surface area contributed by atoms with Crippen LogP contribution in [-0.2, 0) is 14.3 Å². The molecule has 1 heterocycles. The largest absolute Gasteiger partial charge is 0.367 e. The first-order valence-corrected chi connectivity index (χ1v) is 7.35. The Kier molecular flexibility index (Phi) is 5.19. The number of hydrogen-bond donors (Lipinski definition) is 1. The maximum absolute atomic E-state index is 12.3. The van der Waals surface area contributed by atoms with Crippen LogP contribution in [0.3, 0.4) is 0 Å². The van der Waals surface area contributed by atoms with Crippen LogP contribution in [0, 0.1) is 5.92 Å². The fraction of sp³-hybridized carbons (Fsp3) is 0.857. The Balaban J connectivity index is 1.83. The molecule has 0 radical (unpaired) electrons. The summed E-state index contributed by atoms with van der Waals surface area (Å²) in [7, 11) is 0. The molecule has 19 heavy (non-hydrogen) atoms. The van der Waals surface area contributed by atoms with E-state index in [2.05, 4.69) is 0 Å². The Bertz CT molecular complexity index is 325. The molecule has 1 aliphatic heterocycles. The Morgan fingerprint density at radius 2 is 1.84 bits per heavy atom. The summed E-state index contributed by atoms with van der Waals surface area (Å²) in [4.78, 5) is 25.1. The lowest BCUT2D eigenvalue weighted by Crippen LogP contribution is -2.50. The molecular formula is C14H24N2O3. The van der Waals surface area contributed by atoms with Gasteiger partial charge in [-0.05, 0) is 18.8 Å². The van der Waals surface area contributed by atoms with Gasteiger partial charge < -0.3 is 15.4 Å². The predicted molar refractivity (Wildman–Crippen MR) is 71.3 cm³/mol. The van der Waals surface area contributed by atoms with Crippen molar-refractivity contribution in [2.45, 2.75) is 51.0 Å². The SMILES string of the molecule is NC(=O)[C@@H]1CN(C(=O)CC2CCCCCC2)CCO1. The standard InChI is InChI=1S/C14H24N2O3/c15-14(18)12-10-16(7-8-19-12)13(17)9-11-5-3-1-2-4-6-11/h11-12H,1-10H2,(H2,15,18)/t12-/m0/s1. The number of carbonyl (C=O) groups is 2. The molecule has 1 saturated carbocycles. The third-order valence-corrected chi connectivity index (χ3v) is 4.17. The van der Waals surface area contributed by atoms with Crippen molar-refractivity contribution in [3.63, 3.8) is 0 Å². The van der Waals surface area contributed by atoms with Crippen LogP contribution in [0.4, 0.5) is 0 Å². The van der Waals surface area contributed by atoms with Gasteiger partial charge in [0.15, 0.2) is 6.10 Å². The summed E-state index contributed by atoms with van der Waals surface area (Å²) in [5.74, 6) is 0.193. The van der Waals surface area contributed by atoms with Crippen LogP contribution in [0.5, 0.6) is 0 Å². The Hall–Kier alpha value is -1.10. The molecule has 108 valence electrons. The smallest absolute Gasteiger partial charge is 0.248 e. The molecule has 0 unspecified atom stereocenters. The Labute approximate surface area is 114 Å². The summed E-state index contributed by atoms with van der Waals surface area (Å²) in [6.45, 7) is 1.31. The topological polar surface area (TPSA) is 72.6 Å². The van der Waals surface area contributed by atoms with E-state index in [4.69, 9.17) is 10.5 Å². The Morgan fingerprint density at radius 3 is 2.47 bits per heavy atom. The lowest BCUT2D eigenvalue weighted by atomic mass is 9.96. The number of amides is 2. The average Bonchev–Trinajstić information content (AvgIpc) is 2.67. The average molecular weight is 268 g/mol. The van der Waals surface area contributed by atoms with Crippen LogP contribution in [0.1, 0.15) is 44.9 Å². The highest BCUT2D eigenvalue weighted by atomic mass is 16.5. The van der Waals surface area contributed by atoms with Crippen molar-refractivity contribution in [2.75, 3.05) is 19.7 Å². The highest BCUT2D eigenvalue weighted by Crippen LogP contribution is 2.26. The highest BCUT2D eigenvalue weighted by molar-refractivity contribution is 5.81. The van der Waals surface area contributed by atoms with Gasteiger partial charge in [-0.3, -0.25) is 9.59 Å². The monoisotopic (exact) mass is 268 g/mol. The van der Waals surface area contributed by atoms with E-state index in [1.807, 2.05) is 0 Å². The fourth-order valence-corrected chi connectivity index (χ4v) is 2.99. The van der Waals surface area contributed by atoms with E-state index in [0.29, 0.717) is 32.0 Å². The van der Waals surface area contributed by atoms with E-state index < -0.39 is 12.0 Å². The lowest BCUT2D eigenvalue weighted by molar-refractivity contribution is -0.146. The fourth-order valence-electron chi connectivity index (χ4n) is 2.99. The van der Waals surface area contributed by atoms with Gasteiger partial charge in [0, 0.05) is 13.0 Å². The van der Waals surface area contributed by atoms with Gasteiger partial charge in [-0.2, -0.15) is 0 Å². The molecule has 5 nitrogen and oxygen atoms in total. The molecule has 2 rings (SSSR count). The summed E-state index contributed by atoms with van der Waals surface area (Å²) in [5.41, 5.74) is 5.23. The number of ether oxygens (including phenoxy) is 1. The number of morpholine rings is 1. The minimum Gasteiger partial charge on any atom is -0.367 e. The highest BCUT2D eigenvalue weighted by Gasteiger charge is 2.28. The summed E-state index contributed by atoms with van der Waals surface area (Å²) < 4.78 is 5.26. The van der Waals surface area contributed by atoms with E-state index >= 15 is 0 Å². The van der Waals surface area contributed by atoms with E-state index in [1.165, 1.54) is 25.7 Å². The lowest BCUT2D eigenvalue weighted by Gasteiger charge is -2.32. The zero-order chi connectivity index (χ0) is 13.7. The normalized spacial score (nSPS) is 25.9. The van der Waals surface area contributed by atoms with Gasteiger partial charge in [0.2, 0.25) is 11.8 Å². The van der Waals surface area contributed by atoms with Crippen LogP contribution < -0.4 is 5.73 Å². The molecule has 1 saturated heterocycles. The maximum Gasteiger partial charge on any atom is 0.248 e. The van der Waals surface area contributed by atoms with Crippen molar-refractivity contribution in [1.82, 2.24) is 4.90 Å². The molecule has 2 fully saturated rings. The minimum absolute atomic E-state index is 0.154. The molecule has 5 heteroatoms. The molecule has 0 spiro atoms. The Morgan fingerprint density at radius 1 is 1.16 bits per heavy atom. The van der Waals surface area contributed by atoms with Gasteiger partial charge in [-0.1, -0.05) is 25.7 Å². The molecule has 0 bridgehead atoms. The third-order valence-electron chi connectivity index (χ3n) is 4.17. The first-order chi connectivity index (χ1) is 9.16. The summed E-state index contributed by atoms with van der Waals surface area (Å²) in [6, 6.07) is 0. The van der Waals surface area contributed by atoms with Crippen LogP contribution in [0.2, 0.25) is 0 Å². The van der Waals surface area contributed by atoms with Crippen molar-refractivity contribution in [3.8, 4) is 0 Å². The van der Waals surface area contributed by atoms with Gasteiger partial charge in [0.1, 0.15) is 0 Å². The van der Waals surface area contributed by atoms with Crippen molar-refractivity contribution in [1.29, 1.82) is 0 Å². The first-order valence-electron chi connectivity index (χ1n) is 7.35. The number of nitrogens with two attached hydrogens (primary N) is 1. The second-order valence-electron chi connectivity index (χ2n) is 5.66. The van der Waals surface area contributed by atoms with Gasteiger partial charge in [0.25, 0.3) is 0 Å². The quantitative estimate of drug-likeness (QED) is 0.778. The molecule has 0 aromatic heterocycles. The molecule has 1 atom stereocenters. The number of primary amides is 1. The number of carbonyl (C=O) groups excluding carboxylic acids is 2. The molecule has 2 N–H and O–H groups in total. The van der Waals surface area contributed by atoms with Gasteiger partial charge in [-0.15, -0.1) is 0 Å². The predicted octanol–water partition coefficient (Wildman–Crippen LogP) is 1.06. The molecular weight excluding hydrogens is 244 g/mol. The summed E-state index contributed by atoms with van der Waals surface area (Å²) >= 11 is 0.